The van der Waals surface area contributed by atoms with Gasteiger partial charge in [-0.3, -0.25) is 0 Å². The number of hydrogen-bond acceptors (Lipinski definition) is 5. The van der Waals surface area contributed by atoms with Gasteiger partial charge in [0.15, 0.2) is 0 Å². The molecule has 1 aromatic heterocycles. The first-order valence-electron chi connectivity index (χ1n) is 5.11. The van der Waals surface area contributed by atoms with Gasteiger partial charge in [0.1, 0.15) is 5.82 Å². The topological polar surface area (TPSA) is 51.8 Å². The van der Waals surface area contributed by atoms with Gasteiger partial charge in [-0.15, -0.1) is 11.8 Å². The molecule has 1 saturated heterocycles. The summed E-state index contributed by atoms with van der Waals surface area (Å²) in [5, 5.41) is 0.474. The van der Waals surface area contributed by atoms with Crippen LogP contribution in [0.2, 0.25) is 0 Å². The second-order valence-corrected chi connectivity index (χ2v) is 5.84. The molecular formula is C10H15N3S2. The van der Waals surface area contributed by atoms with Crippen LogP contribution in [0.1, 0.15) is 16.8 Å². The second kappa shape index (κ2) is 5.72. The van der Waals surface area contributed by atoms with Crippen LogP contribution in [-0.2, 0) is 6.42 Å². The Kier molecular flexibility index (Phi) is 4.29. The fraction of sp³-hybridized carbons (Fsp3) is 0.600. The second-order valence-electron chi connectivity index (χ2n) is 3.38. The SMILES string of the molecule is NCCc1ccnc(C2CSCCS2)n1. The molecule has 0 aliphatic carbocycles. The van der Waals surface area contributed by atoms with Crippen LogP contribution < -0.4 is 5.73 Å². The third-order valence-corrected chi connectivity index (χ3v) is 4.99. The van der Waals surface area contributed by atoms with Gasteiger partial charge in [0.2, 0.25) is 0 Å². The normalized spacial score (nSPS) is 21.5. The van der Waals surface area contributed by atoms with Gasteiger partial charge in [0.05, 0.1) is 5.25 Å². The predicted octanol–water partition coefficient (Wildman–Crippen LogP) is 1.50. The van der Waals surface area contributed by atoms with E-state index in [-0.39, 0.29) is 0 Å². The molecule has 3 nitrogen and oxygen atoms in total. The number of hydrogen-bond donors (Lipinski definition) is 1. The Morgan fingerprint density at radius 2 is 2.40 bits per heavy atom. The van der Waals surface area contributed by atoms with Gasteiger partial charge in [-0.1, -0.05) is 0 Å². The summed E-state index contributed by atoms with van der Waals surface area (Å²) in [7, 11) is 0. The van der Waals surface area contributed by atoms with Gasteiger partial charge in [-0.2, -0.15) is 11.8 Å². The molecule has 0 aromatic carbocycles. The van der Waals surface area contributed by atoms with Gasteiger partial charge in [0.25, 0.3) is 0 Å². The molecule has 15 heavy (non-hydrogen) atoms. The third kappa shape index (κ3) is 3.09. The summed E-state index contributed by atoms with van der Waals surface area (Å²) in [4.78, 5) is 8.92. The molecule has 1 unspecified atom stereocenters. The van der Waals surface area contributed by atoms with Crippen LogP contribution >= 0.6 is 23.5 Å². The van der Waals surface area contributed by atoms with Crippen LogP contribution in [0.3, 0.4) is 0 Å². The summed E-state index contributed by atoms with van der Waals surface area (Å²) in [5.74, 6) is 4.58. The lowest BCUT2D eigenvalue weighted by Gasteiger charge is -2.19. The van der Waals surface area contributed by atoms with Crippen LogP contribution in [0, 0.1) is 0 Å². The van der Waals surface area contributed by atoms with Crippen LogP contribution in [0.25, 0.3) is 0 Å². The third-order valence-electron chi connectivity index (χ3n) is 2.24. The van der Waals surface area contributed by atoms with E-state index in [0.29, 0.717) is 11.8 Å². The molecule has 0 saturated carbocycles. The molecule has 2 heterocycles. The Balaban J connectivity index is 2.09. The largest absolute Gasteiger partial charge is 0.330 e. The molecule has 1 aliphatic heterocycles. The van der Waals surface area contributed by atoms with E-state index in [9.17, 15) is 0 Å². The van der Waals surface area contributed by atoms with Gasteiger partial charge < -0.3 is 5.73 Å². The maximum absolute atomic E-state index is 5.52. The van der Waals surface area contributed by atoms with Crippen molar-refractivity contribution in [3.63, 3.8) is 0 Å². The number of nitrogens with zero attached hydrogens (tertiary/aromatic N) is 2. The summed E-state index contributed by atoms with van der Waals surface area (Å²) in [6, 6.07) is 1.96. The molecule has 0 radical (unpaired) electrons. The summed E-state index contributed by atoms with van der Waals surface area (Å²) >= 11 is 3.96. The molecule has 1 atom stereocenters. The molecule has 1 aromatic rings. The van der Waals surface area contributed by atoms with Crippen molar-refractivity contribution >= 4 is 23.5 Å². The van der Waals surface area contributed by atoms with Gasteiger partial charge in [0, 0.05) is 35.6 Å². The van der Waals surface area contributed by atoms with E-state index in [0.717, 1.165) is 23.7 Å². The van der Waals surface area contributed by atoms with Crippen LogP contribution in [0.15, 0.2) is 12.3 Å². The molecule has 82 valence electrons. The maximum atomic E-state index is 5.52. The van der Waals surface area contributed by atoms with E-state index >= 15 is 0 Å². The van der Waals surface area contributed by atoms with Crippen molar-refractivity contribution in [1.29, 1.82) is 0 Å². The lowest BCUT2D eigenvalue weighted by molar-refractivity contribution is 0.849. The average Bonchev–Trinajstić information content (AvgIpc) is 2.31. The van der Waals surface area contributed by atoms with Crippen molar-refractivity contribution in [3.05, 3.63) is 23.8 Å². The fourth-order valence-corrected chi connectivity index (χ4v) is 4.10. The van der Waals surface area contributed by atoms with Crippen molar-refractivity contribution in [3.8, 4) is 0 Å². The summed E-state index contributed by atoms with van der Waals surface area (Å²) < 4.78 is 0. The number of rotatable bonds is 3. The molecule has 0 spiro atoms. The van der Waals surface area contributed by atoms with E-state index in [1.807, 2.05) is 35.8 Å². The smallest absolute Gasteiger partial charge is 0.142 e. The van der Waals surface area contributed by atoms with E-state index in [1.54, 1.807) is 0 Å². The minimum atomic E-state index is 0.474. The Morgan fingerprint density at radius 1 is 1.47 bits per heavy atom. The van der Waals surface area contributed by atoms with Crippen molar-refractivity contribution < 1.29 is 0 Å². The Bertz CT molecular complexity index is 313. The van der Waals surface area contributed by atoms with Crippen molar-refractivity contribution in [2.45, 2.75) is 11.7 Å². The first-order valence-corrected chi connectivity index (χ1v) is 7.31. The Hall–Kier alpha value is -0.260. The predicted molar refractivity (Wildman–Crippen MR) is 67.3 cm³/mol. The highest BCUT2D eigenvalue weighted by atomic mass is 32.2. The molecule has 1 aliphatic rings. The van der Waals surface area contributed by atoms with Gasteiger partial charge in [-0.25, -0.2) is 9.97 Å². The highest BCUT2D eigenvalue weighted by Gasteiger charge is 2.18. The quantitative estimate of drug-likeness (QED) is 0.869. The monoisotopic (exact) mass is 241 g/mol. The molecule has 2 rings (SSSR count). The zero-order valence-electron chi connectivity index (χ0n) is 8.56. The maximum Gasteiger partial charge on any atom is 0.142 e. The molecule has 1 fully saturated rings. The number of aromatic nitrogens is 2. The van der Waals surface area contributed by atoms with E-state index < -0.39 is 0 Å². The highest BCUT2D eigenvalue weighted by Crippen LogP contribution is 2.34. The van der Waals surface area contributed by atoms with E-state index in [4.69, 9.17) is 5.73 Å². The number of nitrogens with two attached hydrogens (primary N) is 1. The van der Waals surface area contributed by atoms with E-state index in [2.05, 4.69) is 9.97 Å². The van der Waals surface area contributed by atoms with E-state index in [1.165, 1.54) is 11.5 Å². The van der Waals surface area contributed by atoms with Crippen molar-refractivity contribution in [1.82, 2.24) is 9.97 Å². The summed E-state index contributed by atoms with van der Waals surface area (Å²) in [5.41, 5.74) is 6.59. The minimum absolute atomic E-state index is 0.474. The fourth-order valence-electron chi connectivity index (χ4n) is 1.49. The lowest BCUT2D eigenvalue weighted by Crippen LogP contribution is -2.12. The first-order chi connectivity index (χ1) is 7.40. The van der Waals surface area contributed by atoms with Crippen LogP contribution in [-0.4, -0.2) is 33.8 Å². The molecule has 5 heteroatoms. The Labute approximate surface area is 98.6 Å². The molecular weight excluding hydrogens is 226 g/mol. The zero-order chi connectivity index (χ0) is 10.5. The van der Waals surface area contributed by atoms with Crippen molar-refractivity contribution in [2.24, 2.45) is 5.73 Å². The average molecular weight is 241 g/mol. The highest BCUT2D eigenvalue weighted by molar-refractivity contribution is 8.06. The first kappa shape index (κ1) is 11.2. The molecule has 0 amide bonds. The van der Waals surface area contributed by atoms with Gasteiger partial charge >= 0.3 is 0 Å². The zero-order valence-corrected chi connectivity index (χ0v) is 10.2. The Morgan fingerprint density at radius 3 is 3.13 bits per heavy atom. The summed E-state index contributed by atoms with van der Waals surface area (Å²) in [6.45, 7) is 0.656. The standard InChI is InChI=1S/C10H15N3S2/c11-3-1-8-2-4-12-10(13-8)9-7-14-5-6-15-9/h2,4,9H,1,3,5-7,11H2. The van der Waals surface area contributed by atoms with Crippen LogP contribution in [0.4, 0.5) is 0 Å². The lowest BCUT2D eigenvalue weighted by atomic mass is 10.3. The van der Waals surface area contributed by atoms with Crippen LogP contribution in [0.5, 0.6) is 0 Å². The minimum Gasteiger partial charge on any atom is -0.330 e. The van der Waals surface area contributed by atoms with Gasteiger partial charge in [-0.05, 0) is 12.6 Å². The molecule has 0 bridgehead atoms. The molecule has 2 N–H and O–H groups in total. The van der Waals surface area contributed by atoms with Crippen molar-refractivity contribution in [2.75, 3.05) is 23.8 Å². The summed E-state index contributed by atoms with van der Waals surface area (Å²) in [6.07, 6.45) is 2.70. The number of thioether (sulfide) groups is 2.